The van der Waals surface area contributed by atoms with E-state index in [1.165, 1.54) is 0 Å². The summed E-state index contributed by atoms with van der Waals surface area (Å²) in [4.78, 5) is 11.3. The van der Waals surface area contributed by atoms with Gasteiger partial charge >= 0.3 is 5.97 Å². The molecule has 0 aliphatic carbocycles. The molecule has 0 amide bonds. The number of benzene rings is 2. The highest BCUT2D eigenvalue weighted by molar-refractivity contribution is 6.00. The molecule has 0 saturated heterocycles. The zero-order valence-electron chi connectivity index (χ0n) is 12.0. The van der Waals surface area contributed by atoms with E-state index in [9.17, 15) is 9.90 Å². The van der Waals surface area contributed by atoms with Crippen LogP contribution in [-0.4, -0.2) is 17.7 Å². The summed E-state index contributed by atoms with van der Waals surface area (Å²) in [7, 11) is 0. The van der Waals surface area contributed by atoms with Crippen LogP contribution in [0.2, 0.25) is 0 Å². The Morgan fingerprint density at radius 3 is 2.71 bits per heavy atom. The molecule has 2 aromatic carbocycles. The second-order valence-corrected chi connectivity index (χ2v) is 4.96. The van der Waals surface area contributed by atoms with Gasteiger partial charge in [0, 0.05) is 5.39 Å². The Bertz CT molecular complexity index is 631. The van der Waals surface area contributed by atoms with Crippen molar-refractivity contribution < 1.29 is 14.6 Å². The molecule has 0 unspecified atom stereocenters. The van der Waals surface area contributed by atoms with Gasteiger partial charge in [-0.05, 0) is 37.1 Å². The van der Waals surface area contributed by atoms with Crippen LogP contribution in [0.15, 0.2) is 49.1 Å². The highest BCUT2D eigenvalue weighted by atomic mass is 16.5. The third-order valence-corrected chi connectivity index (χ3v) is 3.41. The molecule has 2 rings (SSSR count). The van der Waals surface area contributed by atoms with E-state index < -0.39 is 5.97 Å². The molecule has 0 atom stereocenters. The topological polar surface area (TPSA) is 46.5 Å². The lowest BCUT2D eigenvalue weighted by molar-refractivity contribution is 0.0692. The van der Waals surface area contributed by atoms with Crippen LogP contribution in [0.4, 0.5) is 0 Å². The molecule has 0 bridgehead atoms. The minimum Gasteiger partial charge on any atom is -0.492 e. The van der Waals surface area contributed by atoms with Crippen molar-refractivity contribution >= 4 is 16.7 Å². The molecule has 0 aliphatic heterocycles. The third kappa shape index (κ3) is 3.85. The van der Waals surface area contributed by atoms with Gasteiger partial charge in [-0.3, -0.25) is 0 Å². The van der Waals surface area contributed by atoms with E-state index in [-0.39, 0.29) is 5.56 Å². The molecular formula is C18H20O3. The van der Waals surface area contributed by atoms with Gasteiger partial charge in [0.25, 0.3) is 0 Å². The first-order valence-corrected chi connectivity index (χ1v) is 7.23. The molecule has 110 valence electrons. The van der Waals surface area contributed by atoms with E-state index in [4.69, 9.17) is 4.74 Å². The summed E-state index contributed by atoms with van der Waals surface area (Å²) in [5.41, 5.74) is 0.222. The smallest absolute Gasteiger partial charge is 0.339 e. The molecule has 2 aromatic rings. The Kier molecular flexibility index (Phi) is 5.38. The van der Waals surface area contributed by atoms with Crippen LogP contribution in [-0.2, 0) is 0 Å². The maximum atomic E-state index is 11.3. The first-order valence-electron chi connectivity index (χ1n) is 7.23. The quantitative estimate of drug-likeness (QED) is 0.566. The average Bonchev–Trinajstić information content (AvgIpc) is 2.50. The third-order valence-electron chi connectivity index (χ3n) is 3.41. The van der Waals surface area contributed by atoms with Crippen molar-refractivity contribution in [1.82, 2.24) is 0 Å². The Morgan fingerprint density at radius 1 is 1.14 bits per heavy atom. The number of rotatable bonds is 8. The van der Waals surface area contributed by atoms with Crippen molar-refractivity contribution in [2.75, 3.05) is 6.61 Å². The molecular weight excluding hydrogens is 264 g/mol. The number of hydrogen-bond donors (Lipinski definition) is 1. The van der Waals surface area contributed by atoms with E-state index in [1.807, 2.05) is 36.4 Å². The number of unbranched alkanes of at least 4 members (excludes halogenated alkanes) is 3. The lowest BCUT2D eigenvalue weighted by Crippen LogP contribution is -2.05. The van der Waals surface area contributed by atoms with E-state index in [1.54, 1.807) is 6.07 Å². The zero-order chi connectivity index (χ0) is 15.1. The van der Waals surface area contributed by atoms with Crippen molar-refractivity contribution in [3.05, 3.63) is 54.6 Å². The lowest BCUT2D eigenvalue weighted by atomic mass is 10.1. The number of ether oxygens (including phenoxy) is 1. The maximum absolute atomic E-state index is 11.3. The van der Waals surface area contributed by atoms with Crippen molar-refractivity contribution in [3.63, 3.8) is 0 Å². The minimum atomic E-state index is -0.956. The van der Waals surface area contributed by atoms with Crippen molar-refractivity contribution in [3.8, 4) is 5.75 Å². The zero-order valence-corrected chi connectivity index (χ0v) is 12.0. The van der Waals surface area contributed by atoms with Gasteiger partial charge in [-0.15, -0.1) is 6.58 Å². The summed E-state index contributed by atoms with van der Waals surface area (Å²) >= 11 is 0. The molecule has 0 spiro atoms. The monoisotopic (exact) mass is 284 g/mol. The number of carboxylic acids is 1. The molecule has 0 radical (unpaired) electrons. The number of carboxylic acid groups (broad SMARTS) is 1. The Morgan fingerprint density at radius 2 is 1.95 bits per heavy atom. The van der Waals surface area contributed by atoms with Gasteiger partial charge < -0.3 is 9.84 Å². The Hall–Kier alpha value is -2.29. The largest absolute Gasteiger partial charge is 0.492 e. The van der Waals surface area contributed by atoms with Gasteiger partial charge in [-0.1, -0.05) is 36.4 Å². The number of fused-ring (bicyclic) bond motifs is 1. The van der Waals surface area contributed by atoms with Gasteiger partial charge in [0.05, 0.1) is 6.61 Å². The predicted octanol–water partition coefficient (Wildman–Crippen LogP) is 4.66. The number of hydrogen-bond acceptors (Lipinski definition) is 2. The van der Waals surface area contributed by atoms with E-state index in [0.29, 0.717) is 12.4 Å². The summed E-state index contributed by atoms with van der Waals surface area (Å²) < 4.78 is 5.79. The fourth-order valence-corrected chi connectivity index (χ4v) is 2.31. The SMILES string of the molecule is C=CCCCCCOc1c(C(=O)O)ccc2ccccc12. The minimum absolute atomic E-state index is 0.222. The first kappa shape index (κ1) is 15.1. The molecule has 21 heavy (non-hydrogen) atoms. The van der Waals surface area contributed by atoms with Gasteiger partial charge in [0.2, 0.25) is 0 Å². The molecule has 0 fully saturated rings. The fourth-order valence-electron chi connectivity index (χ4n) is 2.31. The maximum Gasteiger partial charge on any atom is 0.339 e. The molecule has 0 heterocycles. The Labute approximate surface area is 124 Å². The first-order chi connectivity index (χ1) is 10.2. The van der Waals surface area contributed by atoms with E-state index in [0.717, 1.165) is 36.5 Å². The van der Waals surface area contributed by atoms with Crippen LogP contribution in [0.3, 0.4) is 0 Å². The van der Waals surface area contributed by atoms with Crippen LogP contribution in [0.5, 0.6) is 5.75 Å². The van der Waals surface area contributed by atoms with Crippen LogP contribution in [0.25, 0.3) is 10.8 Å². The standard InChI is InChI=1S/C18H20O3/c1-2-3-4-5-8-13-21-17-15-10-7-6-9-14(15)11-12-16(17)18(19)20/h2,6-7,9-12H,1,3-5,8,13H2,(H,19,20). The summed E-state index contributed by atoms with van der Waals surface area (Å²) in [6.07, 6.45) is 5.98. The normalized spacial score (nSPS) is 10.5. The predicted molar refractivity (Wildman–Crippen MR) is 85.1 cm³/mol. The highest BCUT2D eigenvalue weighted by Crippen LogP contribution is 2.30. The van der Waals surface area contributed by atoms with Crippen LogP contribution >= 0.6 is 0 Å². The van der Waals surface area contributed by atoms with Crippen molar-refractivity contribution in [1.29, 1.82) is 0 Å². The fraction of sp³-hybridized carbons (Fsp3) is 0.278. The van der Waals surface area contributed by atoms with E-state index >= 15 is 0 Å². The highest BCUT2D eigenvalue weighted by Gasteiger charge is 2.14. The number of allylic oxidation sites excluding steroid dienone is 1. The van der Waals surface area contributed by atoms with Crippen molar-refractivity contribution in [2.24, 2.45) is 0 Å². The molecule has 1 N–H and O–H groups in total. The molecule has 3 nitrogen and oxygen atoms in total. The number of carbonyl (C=O) groups is 1. The second-order valence-electron chi connectivity index (χ2n) is 4.96. The van der Waals surface area contributed by atoms with Gasteiger partial charge in [0.15, 0.2) is 0 Å². The summed E-state index contributed by atoms with van der Waals surface area (Å²) in [6, 6.07) is 11.1. The summed E-state index contributed by atoms with van der Waals surface area (Å²) in [5.74, 6) is -0.480. The average molecular weight is 284 g/mol. The number of aromatic carboxylic acids is 1. The molecule has 0 aliphatic rings. The van der Waals surface area contributed by atoms with Crippen LogP contribution in [0.1, 0.15) is 36.0 Å². The second kappa shape index (κ2) is 7.48. The van der Waals surface area contributed by atoms with Gasteiger partial charge in [0.1, 0.15) is 11.3 Å². The van der Waals surface area contributed by atoms with Gasteiger partial charge in [-0.2, -0.15) is 0 Å². The molecule has 0 aromatic heterocycles. The summed E-state index contributed by atoms with van der Waals surface area (Å²) in [6.45, 7) is 4.23. The van der Waals surface area contributed by atoms with Crippen LogP contribution in [0, 0.1) is 0 Å². The van der Waals surface area contributed by atoms with E-state index in [2.05, 4.69) is 6.58 Å². The molecule has 0 saturated carbocycles. The van der Waals surface area contributed by atoms with Crippen molar-refractivity contribution in [2.45, 2.75) is 25.7 Å². The summed E-state index contributed by atoms with van der Waals surface area (Å²) in [5, 5.41) is 11.1. The lowest BCUT2D eigenvalue weighted by Gasteiger charge is -2.12. The Balaban J connectivity index is 2.14. The molecule has 3 heteroatoms. The van der Waals surface area contributed by atoms with Gasteiger partial charge in [-0.25, -0.2) is 4.79 Å². The van der Waals surface area contributed by atoms with Crippen LogP contribution < -0.4 is 4.74 Å².